The molecule has 1 N–H and O–H groups in total. The average molecular weight is 245 g/mol. The molecule has 92 valence electrons. The molecular formula is C10H19N3O2S. The molecule has 1 heterocycles. The number of nitriles is 1. The minimum atomic E-state index is -3.54. The van der Waals surface area contributed by atoms with Crippen molar-refractivity contribution in [3.63, 3.8) is 0 Å². The maximum Gasteiger partial charge on any atom is 0.281 e. The molecule has 1 unspecified atom stereocenters. The van der Waals surface area contributed by atoms with E-state index in [1.165, 1.54) is 4.31 Å². The molecule has 0 spiro atoms. The fourth-order valence-electron chi connectivity index (χ4n) is 1.77. The Hall–Kier alpha value is -0.640. The van der Waals surface area contributed by atoms with Gasteiger partial charge in [-0.2, -0.15) is 22.7 Å². The standard InChI is InChI=1S/C10H19N3O2S/c1-10(2,3)12-16(14,15)13-7-5-4-6-9(13)8-11/h9,12H,4-7H2,1-3H3. The van der Waals surface area contributed by atoms with Crippen molar-refractivity contribution in [3.8, 4) is 6.07 Å². The van der Waals surface area contributed by atoms with Gasteiger partial charge in [0.25, 0.3) is 10.2 Å². The van der Waals surface area contributed by atoms with Gasteiger partial charge >= 0.3 is 0 Å². The summed E-state index contributed by atoms with van der Waals surface area (Å²) in [5.41, 5.74) is -0.518. The van der Waals surface area contributed by atoms with E-state index < -0.39 is 21.8 Å². The van der Waals surface area contributed by atoms with Gasteiger partial charge in [-0.05, 0) is 40.0 Å². The molecule has 16 heavy (non-hydrogen) atoms. The van der Waals surface area contributed by atoms with Crippen molar-refractivity contribution < 1.29 is 8.42 Å². The molecule has 1 aliphatic rings. The van der Waals surface area contributed by atoms with Crippen molar-refractivity contribution in [1.29, 1.82) is 5.26 Å². The minimum Gasteiger partial charge on any atom is -0.197 e. The van der Waals surface area contributed by atoms with Gasteiger partial charge in [0, 0.05) is 12.1 Å². The molecule has 0 radical (unpaired) electrons. The van der Waals surface area contributed by atoms with Gasteiger partial charge in [0.1, 0.15) is 6.04 Å². The van der Waals surface area contributed by atoms with Gasteiger partial charge in [-0.1, -0.05) is 0 Å². The zero-order valence-electron chi connectivity index (χ0n) is 10.0. The predicted octanol–water partition coefficient (Wildman–Crippen LogP) is 0.997. The van der Waals surface area contributed by atoms with E-state index in [0.717, 1.165) is 12.8 Å². The molecule has 1 fully saturated rings. The molecule has 1 rings (SSSR count). The highest BCUT2D eigenvalue weighted by Crippen LogP contribution is 2.20. The van der Waals surface area contributed by atoms with E-state index >= 15 is 0 Å². The third-order valence-corrected chi connectivity index (χ3v) is 4.27. The summed E-state index contributed by atoms with van der Waals surface area (Å²) >= 11 is 0. The average Bonchev–Trinajstić information content (AvgIpc) is 2.14. The molecule has 0 aromatic carbocycles. The summed E-state index contributed by atoms with van der Waals surface area (Å²) in [5.74, 6) is 0. The van der Waals surface area contributed by atoms with Gasteiger partial charge in [-0.15, -0.1) is 0 Å². The molecule has 6 heteroatoms. The van der Waals surface area contributed by atoms with Crippen molar-refractivity contribution >= 4 is 10.2 Å². The molecule has 0 saturated carbocycles. The van der Waals surface area contributed by atoms with E-state index in [0.29, 0.717) is 13.0 Å². The summed E-state index contributed by atoms with van der Waals surface area (Å²) in [7, 11) is -3.54. The Morgan fingerprint density at radius 1 is 1.38 bits per heavy atom. The first-order valence-electron chi connectivity index (χ1n) is 5.46. The molecule has 0 aromatic heterocycles. The van der Waals surface area contributed by atoms with Crippen molar-refractivity contribution in [1.82, 2.24) is 9.03 Å². The van der Waals surface area contributed by atoms with E-state index in [1.807, 2.05) is 0 Å². The SMILES string of the molecule is CC(C)(C)NS(=O)(=O)N1CCCCC1C#N. The van der Waals surface area contributed by atoms with Crippen LogP contribution in [0.3, 0.4) is 0 Å². The van der Waals surface area contributed by atoms with Crippen LogP contribution in [0.25, 0.3) is 0 Å². The van der Waals surface area contributed by atoms with Gasteiger partial charge in [0.05, 0.1) is 6.07 Å². The molecular weight excluding hydrogens is 226 g/mol. The Balaban J connectivity index is 2.86. The lowest BCUT2D eigenvalue weighted by Gasteiger charge is -2.33. The fraction of sp³-hybridized carbons (Fsp3) is 0.900. The van der Waals surface area contributed by atoms with Crippen LogP contribution in [0.2, 0.25) is 0 Å². The lowest BCUT2D eigenvalue weighted by atomic mass is 10.1. The van der Waals surface area contributed by atoms with Crippen LogP contribution in [0.15, 0.2) is 0 Å². The van der Waals surface area contributed by atoms with Crippen LogP contribution in [0.1, 0.15) is 40.0 Å². The number of nitrogens with one attached hydrogen (secondary N) is 1. The van der Waals surface area contributed by atoms with Crippen molar-refractivity contribution in [2.75, 3.05) is 6.54 Å². The van der Waals surface area contributed by atoms with Crippen molar-refractivity contribution in [2.45, 2.75) is 51.6 Å². The van der Waals surface area contributed by atoms with Gasteiger partial charge < -0.3 is 0 Å². The zero-order chi connectivity index (χ0) is 12.4. The van der Waals surface area contributed by atoms with Crippen molar-refractivity contribution in [3.05, 3.63) is 0 Å². The molecule has 5 nitrogen and oxygen atoms in total. The van der Waals surface area contributed by atoms with E-state index in [4.69, 9.17) is 5.26 Å². The first kappa shape index (κ1) is 13.4. The first-order chi connectivity index (χ1) is 7.26. The van der Waals surface area contributed by atoms with Crippen LogP contribution in [0.4, 0.5) is 0 Å². The van der Waals surface area contributed by atoms with Crippen LogP contribution in [-0.2, 0) is 10.2 Å². The Morgan fingerprint density at radius 3 is 2.50 bits per heavy atom. The van der Waals surface area contributed by atoms with E-state index in [9.17, 15) is 8.42 Å². The Kier molecular flexibility index (Phi) is 3.94. The second-order valence-corrected chi connectivity index (χ2v) is 6.73. The number of rotatable bonds is 2. The molecule has 0 aliphatic carbocycles. The first-order valence-corrected chi connectivity index (χ1v) is 6.91. The Bertz CT molecular complexity index is 378. The van der Waals surface area contributed by atoms with Crippen molar-refractivity contribution in [2.24, 2.45) is 0 Å². The quantitative estimate of drug-likeness (QED) is 0.788. The molecule has 0 aromatic rings. The lowest BCUT2D eigenvalue weighted by molar-refractivity contribution is 0.287. The largest absolute Gasteiger partial charge is 0.281 e. The summed E-state index contributed by atoms with van der Waals surface area (Å²) in [4.78, 5) is 0. The van der Waals surface area contributed by atoms with Gasteiger partial charge in [-0.3, -0.25) is 0 Å². The summed E-state index contributed by atoms with van der Waals surface area (Å²) in [6, 6.07) is 1.53. The van der Waals surface area contributed by atoms with Crippen LogP contribution in [0.5, 0.6) is 0 Å². The van der Waals surface area contributed by atoms with Gasteiger partial charge in [0.15, 0.2) is 0 Å². The van der Waals surface area contributed by atoms with E-state index in [2.05, 4.69) is 10.8 Å². The molecule has 1 saturated heterocycles. The summed E-state index contributed by atoms with van der Waals surface area (Å²) in [6.45, 7) is 5.80. The van der Waals surface area contributed by atoms with Crippen LogP contribution >= 0.6 is 0 Å². The van der Waals surface area contributed by atoms with Gasteiger partial charge in [0.2, 0.25) is 0 Å². The minimum absolute atomic E-state index is 0.434. The number of hydrogen-bond donors (Lipinski definition) is 1. The summed E-state index contributed by atoms with van der Waals surface area (Å²) in [5, 5.41) is 8.94. The highest BCUT2D eigenvalue weighted by atomic mass is 32.2. The molecule has 0 bridgehead atoms. The molecule has 0 amide bonds. The van der Waals surface area contributed by atoms with E-state index in [1.54, 1.807) is 20.8 Å². The predicted molar refractivity (Wildman–Crippen MR) is 61.8 cm³/mol. The van der Waals surface area contributed by atoms with E-state index in [-0.39, 0.29) is 0 Å². The second kappa shape index (κ2) is 4.70. The van der Waals surface area contributed by atoms with Crippen LogP contribution < -0.4 is 4.72 Å². The zero-order valence-corrected chi connectivity index (χ0v) is 10.8. The number of hydrogen-bond acceptors (Lipinski definition) is 3. The monoisotopic (exact) mass is 245 g/mol. The molecule has 1 aliphatic heterocycles. The third kappa shape index (κ3) is 3.44. The fourth-order valence-corrected chi connectivity index (χ4v) is 3.52. The highest BCUT2D eigenvalue weighted by Gasteiger charge is 2.34. The van der Waals surface area contributed by atoms with Crippen LogP contribution in [-0.4, -0.2) is 30.8 Å². The second-order valence-electron chi connectivity index (χ2n) is 5.11. The maximum absolute atomic E-state index is 12.0. The third-order valence-electron chi connectivity index (χ3n) is 2.35. The summed E-state index contributed by atoms with van der Waals surface area (Å²) < 4.78 is 27.9. The number of piperidine rings is 1. The molecule has 1 atom stereocenters. The Labute approximate surface area is 97.6 Å². The lowest BCUT2D eigenvalue weighted by Crippen LogP contribution is -2.53. The van der Waals surface area contributed by atoms with Gasteiger partial charge in [-0.25, -0.2) is 0 Å². The number of nitrogens with zero attached hydrogens (tertiary/aromatic N) is 2. The summed E-state index contributed by atoms with van der Waals surface area (Å²) in [6.07, 6.45) is 2.37. The smallest absolute Gasteiger partial charge is 0.197 e. The topological polar surface area (TPSA) is 73.2 Å². The highest BCUT2D eigenvalue weighted by molar-refractivity contribution is 7.87. The maximum atomic E-state index is 12.0. The Morgan fingerprint density at radius 2 is 2.00 bits per heavy atom. The normalized spacial score (nSPS) is 24.0. The van der Waals surface area contributed by atoms with Crippen LogP contribution in [0, 0.1) is 11.3 Å².